The highest BCUT2D eigenvalue weighted by Crippen LogP contribution is 2.21. The van der Waals surface area contributed by atoms with Gasteiger partial charge in [0.2, 0.25) is 10.0 Å². The Kier molecular flexibility index (Phi) is 7.10. The molecule has 146 valence electrons. The van der Waals surface area contributed by atoms with Crippen molar-refractivity contribution in [3.8, 4) is 0 Å². The van der Waals surface area contributed by atoms with Gasteiger partial charge in [0.15, 0.2) is 0 Å². The van der Waals surface area contributed by atoms with Crippen molar-refractivity contribution >= 4 is 21.5 Å². The van der Waals surface area contributed by atoms with E-state index >= 15 is 0 Å². The third-order valence-corrected chi connectivity index (χ3v) is 6.32. The lowest BCUT2D eigenvalue weighted by Crippen LogP contribution is -2.19. The molecule has 3 rings (SSSR count). The zero-order valence-electron chi connectivity index (χ0n) is 15.7. The van der Waals surface area contributed by atoms with Gasteiger partial charge in [0, 0.05) is 6.04 Å². The Morgan fingerprint density at radius 1 is 0.963 bits per heavy atom. The Hall–Kier alpha value is -2.08. The number of hydrogen-bond donors (Lipinski definition) is 2. The number of nitrogens with one attached hydrogen (secondary N) is 2. The molecular weight excluding hydrogens is 358 g/mol. The van der Waals surface area contributed by atoms with E-state index in [-0.39, 0.29) is 5.75 Å². The predicted octanol–water partition coefficient (Wildman–Crippen LogP) is 4.59. The molecule has 1 aromatic carbocycles. The van der Waals surface area contributed by atoms with Gasteiger partial charge in [-0.05, 0) is 43.4 Å². The fourth-order valence-corrected chi connectivity index (χ4v) is 4.59. The molecule has 0 atom stereocenters. The van der Waals surface area contributed by atoms with Gasteiger partial charge < -0.3 is 5.32 Å². The van der Waals surface area contributed by atoms with Crippen LogP contribution in [-0.4, -0.2) is 25.2 Å². The van der Waals surface area contributed by atoms with Crippen LogP contribution in [0.15, 0.2) is 48.7 Å². The standard InChI is InChI=1S/C21H29N3O2S/c25-27(26,16-8-11-18-9-4-3-5-10-18)24-21-15-14-20(17-22-21)23-19-12-6-1-2-7-13-19/h3-5,9-10,14-15,17,19,23H,1-2,6-8,11-13,16H2,(H,22,24). The summed E-state index contributed by atoms with van der Waals surface area (Å²) in [5.74, 6) is 0.465. The van der Waals surface area contributed by atoms with Crippen molar-refractivity contribution in [2.75, 3.05) is 15.8 Å². The molecule has 6 heteroatoms. The van der Waals surface area contributed by atoms with Crippen molar-refractivity contribution in [1.29, 1.82) is 0 Å². The summed E-state index contributed by atoms with van der Waals surface area (Å²) in [7, 11) is -3.38. The maximum Gasteiger partial charge on any atom is 0.233 e. The number of rotatable bonds is 8. The van der Waals surface area contributed by atoms with Crippen molar-refractivity contribution in [1.82, 2.24) is 4.98 Å². The van der Waals surface area contributed by atoms with Crippen LogP contribution in [0, 0.1) is 0 Å². The molecule has 27 heavy (non-hydrogen) atoms. The summed E-state index contributed by atoms with van der Waals surface area (Å²) in [5, 5.41) is 3.52. The van der Waals surface area contributed by atoms with Gasteiger partial charge in [0.25, 0.3) is 0 Å². The van der Waals surface area contributed by atoms with Crippen molar-refractivity contribution in [3.63, 3.8) is 0 Å². The number of nitrogens with zero attached hydrogens (tertiary/aromatic N) is 1. The van der Waals surface area contributed by atoms with E-state index in [1.54, 1.807) is 12.3 Å². The summed E-state index contributed by atoms with van der Waals surface area (Å²) in [6.45, 7) is 0. The Bertz CT molecular complexity index is 784. The quantitative estimate of drug-likeness (QED) is 0.650. The number of hydrogen-bond acceptors (Lipinski definition) is 4. The normalized spacial score (nSPS) is 15.9. The lowest BCUT2D eigenvalue weighted by Gasteiger charge is -2.17. The molecule has 0 radical (unpaired) electrons. The second kappa shape index (κ2) is 9.74. The molecule has 1 aliphatic carbocycles. The van der Waals surface area contributed by atoms with Crippen LogP contribution in [0.4, 0.5) is 11.5 Å². The van der Waals surface area contributed by atoms with Gasteiger partial charge in [0.05, 0.1) is 17.6 Å². The molecule has 0 amide bonds. The summed E-state index contributed by atoms with van der Waals surface area (Å²) < 4.78 is 27.1. The fourth-order valence-electron chi connectivity index (χ4n) is 3.52. The van der Waals surface area contributed by atoms with Gasteiger partial charge in [-0.1, -0.05) is 56.0 Å². The van der Waals surface area contributed by atoms with Crippen LogP contribution in [-0.2, 0) is 16.4 Å². The number of anilines is 2. The van der Waals surface area contributed by atoms with Crippen LogP contribution in [0.5, 0.6) is 0 Å². The van der Waals surface area contributed by atoms with Crippen LogP contribution in [0.25, 0.3) is 0 Å². The van der Waals surface area contributed by atoms with Gasteiger partial charge in [-0.3, -0.25) is 4.72 Å². The molecule has 2 aromatic rings. The van der Waals surface area contributed by atoms with Gasteiger partial charge in [0.1, 0.15) is 5.82 Å². The first kappa shape index (κ1) is 19.7. The van der Waals surface area contributed by atoms with Crippen molar-refractivity contribution in [2.45, 2.75) is 57.4 Å². The zero-order chi connectivity index (χ0) is 19.0. The highest BCUT2D eigenvalue weighted by molar-refractivity contribution is 7.92. The largest absolute Gasteiger partial charge is 0.381 e. The topological polar surface area (TPSA) is 71.1 Å². The van der Waals surface area contributed by atoms with Gasteiger partial charge in [-0.2, -0.15) is 0 Å². The molecule has 0 saturated heterocycles. The minimum Gasteiger partial charge on any atom is -0.381 e. The van der Waals surface area contributed by atoms with Crippen molar-refractivity contribution in [3.05, 3.63) is 54.2 Å². The maximum absolute atomic E-state index is 12.3. The third kappa shape index (κ3) is 6.86. The lowest BCUT2D eigenvalue weighted by molar-refractivity contribution is 0.598. The molecule has 0 unspecified atom stereocenters. The number of sulfonamides is 1. The van der Waals surface area contributed by atoms with Crippen molar-refractivity contribution < 1.29 is 8.42 Å². The van der Waals surface area contributed by atoms with Gasteiger partial charge >= 0.3 is 0 Å². The molecule has 1 aliphatic rings. The van der Waals surface area contributed by atoms with Crippen molar-refractivity contribution in [2.24, 2.45) is 0 Å². The molecule has 1 saturated carbocycles. The molecule has 2 N–H and O–H groups in total. The number of benzene rings is 1. The zero-order valence-corrected chi connectivity index (χ0v) is 16.5. The molecule has 0 bridgehead atoms. The van der Waals surface area contributed by atoms with E-state index in [1.165, 1.54) is 38.5 Å². The van der Waals surface area contributed by atoms with E-state index in [0.29, 0.717) is 18.3 Å². The summed E-state index contributed by atoms with van der Waals surface area (Å²) in [6, 6.07) is 14.1. The van der Waals surface area contributed by atoms with Gasteiger partial charge in [-0.25, -0.2) is 13.4 Å². The Morgan fingerprint density at radius 3 is 2.37 bits per heavy atom. The predicted molar refractivity (Wildman–Crippen MR) is 112 cm³/mol. The van der Waals surface area contributed by atoms with Crippen LogP contribution >= 0.6 is 0 Å². The average Bonchev–Trinajstić information content (AvgIpc) is 2.92. The number of pyridine rings is 1. The molecule has 1 heterocycles. The Labute approximate surface area is 162 Å². The first-order chi connectivity index (χ1) is 13.1. The van der Waals surface area contributed by atoms with E-state index in [4.69, 9.17) is 0 Å². The Morgan fingerprint density at radius 2 is 1.70 bits per heavy atom. The molecule has 5 nitrogen and oxygen atoms in total. The first-order valence-corrected chi connectivity index (χ1v) is 11.5. The summed E-state index contributed by atoms with van der Waals surface area (Å²) in [6.07, 6.45) is 10.6. The van der Waals surface area contributed by atoms with Crippen LogP contribution in [0.2, 0.25) is 0 Å². The van der Waals surface area contributed by atoms with Gasteiger partial charge in [-0.15, -0.1) is 0 Å². The summed E-state index contributed by atoms with van der Waals surface area (Å²) in [5.41, 5.74) is 2.11. The maximum atomic E-state index is 12.3. The van der Waals surface area contributed by atoms with Crippen LogP contribution in [0.1, 0.15) is 50.5 Å². The molecule has 0 spiro atoms. The monoisotopic (exact) mass is 387 g/mol. The van der Waals surface area contributed by atoms with Crippen LogP contribution < -0.4 is 10.0 Å². The molecule has 1 aromatic heterocycles. The number of aromatic nitrogens is 1. The summed E-state index contributed by atoms with van der Waals surface area (Å²) >= 11 is 0. The fraction of sp³-hybridized carbons (Fsp3) is 0.476. The van der Waals surface area contributed by atoms with E-state index in [2.05, 4.69) is 15.0 Å². The second-order valence-electron chi connectivity index (χ2n) is 7.28. The third-order valence-electron chi connectivity index (χ3n) is 4.97. The first-order valence-electron chi connectivity index (χ1n) is 9.88. The second-order valence-corrected chi connectivity index (χ2v) is 9.12. The SMILES string of the molecule is O=S(=O)(CCCc1ccccc1)Nc1ccc(NC2CCCCCC2)cn1. The smallest absolute Gasteiger partial charge is 0.233 e. The molecular formula is C21H29N3O2S. The minimum atomic E-state index is -3.38. The van der Waals surface area contributed by atoms with E-state index in [9.17, 15) is 8.42 Å². The number of aryl methyl sites for hydroxylation is 1. The van der Waals surface area contributed by atoms with E-state index in [1.807, 2.05) is 36.4 Å². The van der Waals surface area contributed by atoms with E-state index in [0.717, 1.165) is 17.7 Å². The highest BCUT2D eigenvalue weighted by Gasteiger charge is 2.13. The summed E-state index contributed by atoms with van der Waals surface area (Å²) in [4.78, 5) is 4.27. The molecule has 1 fully saturated rings. The van der Waals surface area contributed by atoms with Crippen LogP contribution in [0.3, 0.4) is 0 Å². The minimum absolute atomic E-state index is 0.0889. The highest BCUT2D eigenvalue weighted by atomic mass is 32.2. The van der Waals surface area contributed by atoms with E-state index < -0.39 is 10.0 Å². The average molecular weight is 388 g/mol. The molecule has 0 aliphatic heterocycles. The Balaban J connectivity index is 1.47. The lowest BCUT2D eigenvalue weighted by atomic mass is 10.1.